The third kappa shape index (κ3) is 4.70. The van der Waals surface area contributed by atoms with Crippen molar-refractivity contribution in [1.29, 1.82) is 0 Å². The quantitative estimate of drug-likeness (QED) is 0.790. The largest absolute Gasteiger partial charge is 0.497 e. The van der Waals surface area contributed by atoms with Crippen LogP contribution in [0, 0.1) is 0 Å². The van der Waals surface area contributed by atoms with Gasteiger partial charge >= 0.3 is 0 Å². The zero-order chi connectivity index (χ0) is 17.9. The van der Waals surface area contributed by atoms with Gasteiger partial charge in [-0.3, -0.25) is 4.79 Å². The summed E-state index contributed by atoms with van der Waals surface area (Å²) in [7, 11) is -1.39. The van der Waals surface area contributed by atoms with Gasteiger partial charge in [0.25, 0.3) is 5.91 Å². The molecule has 0 unspecified atom stereocenters. The molecular weight excluding hydrogens is 362 g/mol. The van der Waals surface area contributed by atoms with E-state index in [1.54, 1.807) is 12.5 Å². The highest BCUT2D eigenvalue weighted by Gasteiger charge is 2.29. The van der Waals surface area contributed by atoms with E-state index in [-0.39, 0.29) is 23.5 Å². The predicted molar refractivity (Wildman–Crippen MR) is 97.0 cm³/mol. The number of ether oxygens (including phenoxy) is 1. The normalized spacial score (nSPS) is 18.7. The molecule has 1 aromatic carbocycles. The molecule has 1 amide bonds. The summed E-state index contributed by atoms with van der Waals surface area (Å²) in [6, 6.07) is 7.34. The molecule has 134 valence electrons. The van der Waals surface area contributed by atoms with Gasteiger partial charge in [-0.05, 0) is 24.1 Å². The second-order valence-corrected chi connectivity index (χ2v) is 8.90. The van der Waals surface area contributed by atoms with Crippen molar-refractivity contribution in [3.8, 4) is 5.75 Å². The van der Waals surface area contributed by atoms with Gasteiger partial charge in [-0.15, -0.1) is 11.3 Å². The van der Waals surface area contributed by atoms with Gasteiger partial charge in [0.2, 0.25) is 0 Å². The van der Waals surface area contributed by atoms with Crippen LogP contribution in [0.1, 0.15) is 22.5 Å². The summed E-state index contributed by atoms with van der Waals surface area (Å²) in [6.45, 7) is 0.583. The molecule has 2 heterocycles. The lowest BCUT2D eigenvalue weighted by atomic mass is 10.2. The molecule has 1 aromatic heterocycles. The summed E-state index contributed by atoms with van der Waals surface area (Å²) in [5, 5.41) is 8.21. The standard InChI is InChI=1S/C16H19N3O4S2/c1-23-13-4-2-11(3-5-13)8-17-16-19-14(9-24-16)15(20)18-12-6-7-25(21,22)10-12/h2-5,9,12H,6-8,10H2,1H3,(H,17,19)(H,18,20)/t12-/m1/s1. The number of thiazole rings is 1. The van der Waals surface area contributed by atoms with Crippen LogP contribution in [0.25, 0.3) is 0 Å². The van der Waals surface area contributed by atoms with Crippen LogP contribution >= 0.6 is 11.3 Å². The van der Waals surface area contributed by atoms with Crippen LogP contribution < -0.4 is 15.4 Å². The third-order valence-corrected chi connectivity index (χ3v) is 6.48. The van der Waals surface area contributed by atoms with E-state index in [0.717, 1.165) is 11.3 Å². The highest BCUT2D eigenvalue weighted by atomic mass is 32.2. The van der Waals surface area contributed by atoms with E-state index in [2.05, 4.69) is 15.6 Å². The highest BCUT2D eigenvalue weighted by molar-refractivity contribution is 7.91. The van der Waals surface area contributed by atoms with Crippen molar-refractivity contribution in [2.75, 3.05) is 23.9 Å². The maximum absolute atomic E-state index is 12.2. The van der Waals surface area contributed by atoms with Crippen molar-refractivity contribution < 1.29 is 17.9 Å². The van der Waals surface area contributed by atoms with Gasteiger partial charge in [-0.1, -0.05) is 12.1 Å². The van der Waals surface area contributed by atoms with Gasteiger partial charge in [0.15, 0.2) is 15.0 Å². The molecule has 1 fully saturated rings. The van der Waals surface area contributed by atoms with Gasteiger partial charge in [0.1, 0.15) is 11.4 Å². The Labute approximate surface area is 150 Å². The second kappa shape index (κ2) is 7.40. The van der Waals surface area contributed by atoms with Crippen LogP contribution in [-0.2, 0) is 16.4 Å². The summed E-state index contributed by atoms with van der Waals surface area (Å²) in [6.07, 6.45) is 0.459. The Kier molecular flexibility index (Phi) is 5.24. The molecule has 2 aromatic rings. The molecule has 3 rings (SSSR count). The summed E-state index contributed by atoms with van der Waals surface area (Å²) >= 11 is 1.34. The number of anilines is 1. The number of nitrogens with one attached hydrogen (secondary N) is 2. The van der Waals surface area contributed by atoms with Crippen LogP contribution in [0.4, 0.5) is 5.13 Å². The molecule has 0 bridgehead atoms. The second-order valence-electron chi connectivity index (χ2n) is 5.81. The van der Waals surface area contributed by atoms with E-state index >= 15 is 0 Å². The van der Waals surface area contributed by atoms with E-state index in [4.69, 9.17) is 4.74 Å². The molecule has 0 spiro atoms. The van der Waals surface area contributed by atoms with Crippen molar-refractivity contribution >= 4 is 32.2 Å². The molecule has 1 aliphatic heterocycles. The lowest BCUT2D eigenvalue weighted by molar-refractivity contribution is 0.0937. The van der Waals surface area contributed by atoms with E-state index in [9.17, 15) is 13.2 Å². The monoisotopic (exact) mass is 381 g/mol. The summed E-state index contributed by atoms with van der Waals surface area (Å²) in [5.41, 5.74) is 1.37. The molecule has 1 atom stereocenters. The number of methoxy groups -OCH3 is 1. The zero-order valence-corrected chi connectivity index (χ0v) is 15.3. The van der Waals surface area contributed by atoms with Gasteiger partial charge in [0, 0.05) is 18.0 Å². The number of carbonyl (C=O) groups excluding carboxylic acids is 1. The minimum absolute atomic E-state index is 0.00541. The fourth-order valence-corrected chi connectivity index (χ4v) is 4.91. The highest BCUT2D eigenvalue weighted by Crippen LogP contribution is 2.18. The molecule has 7 nitrogen and oxygen atoms in total. The fraction of sp³-hybridized carbons (Fsp3) is 0.375. The Balaban J connectivity index is 1.53. The van der Waals surface area contributed by atoms with E-state index in [0.29, 0.717) is 23.8 Å². The van der Waals surface area contributed by atoms with Crippen molar-refractivity contribution in [3.63, 3.8) is 0 Å². The number of aromatic nitrogens is 1. The number of nitrogens with zero attached hydrogens (tertiary/aromatic N) is 1. The number of carbonyl (C=O) groups is 1. The fourth-order valence-electron chi connectivity index (χ4n) is 2.55. The first-order valence-corrected chi connectivity index (χ1v) is 10.5. The smallest absolute Gasteiger partial charge is 0.271 e. The Bertz CT molecular complexity index is 847. The molecule has 1 saturated heterocycles. The maximum Gasteiger partial charge on any atom is 0.271 e. The first-order chi connectivity index (χ1) is 11.9. The predicted octanol–water partition coefficient (Wildman–Crippen LogP) is 1.68. The van der Waals surface area contributed by atoms with E-state index < -0.39 is 9.84 Å². The van der Waals surface area contributed by atoms with Crippen molar-refractivity contribution in [2.45, 2.75) is 19.0 Å². The van der Waals surface area contributed by atoms with Crippen molar-refractivity contribution in [3.05, 3.63) is 40.9 Å². The summed E-state index contributed by atoms with van der Waals surface area (Å²) in [4.78, 5) is 16.4. The molecule has 0 saturated carbocycles. The van der Waals surface area contributed by atoms with Crippen LogP contribution in [0.2, 0.25) is 0 Å². The molecule has 25 heavy (non-hydrogen) atoms. The van der Waals surface area contributed by atoms with Crippen LogP contribution in [-0.4, -0.2) is 44.0 Å². The van der Waals surface area contributed by atoms with Gasteiger partial charge in [-0.2, -0.15) is 0 Å². The zero-order valence-electron chi connectivity index (χ0n) is 13.7. The van der Waals surface area contributed by atoms with Gasteiger partial charge in [0.05, 0.1) is 18.6 Å². The average molecular weight is 381 g/mol. The number of amides is 1. The first-order valence-electron chi connectivity index (χ1n) is 7.79. The van der Waals surface area contributed by atoms with Gasteiger partial charge < -0.3 is 15.4 Å². The summed E-state index contributed by atoms with van der Waals surface area (Å²) < 4.78 is 28.0. The minimum Gasteiger partial charge on any atom is -0.497 e. The van der Waals surface area contributed by atoms with Crippen LogP contribution in [0.5, 0.6) is 5.75 Å². The SMILES string of the molecule is COc1ccc(CNc2nc(C(=O)N[C@@H]3CCS(=O)(=O)C3)cs2)cc1. The lowest BCUT2D eigenvalue weighted by Crippen LogP contribution is -2.35. The maximum atomic E-state index is 12.2. The topological polar surface area (TPSA) is 97.4 Å². The Hall–Kier alpha value is -2.13. The molecule has 1 aliphatic rings. The number of hydrogen-bond acceptors (Lipinski definition) is 7. The summed E-state index contributed by atoms with van der Waals surface area (Å²) in [5.74, 6) is 0.594. The van der Waals surface area contributed by atoms with E-state index in [1.165, 1.54) is 11.3 Å². The number of rotatable bonds is 6. The third-order valence-electron chi connectivity index (χ3n) is 3.91. The molecular formula is C16H19N3O4S2. The molecule has 0 radical (unpaired) electrons. The van der Waals surface area contributed by atoms with Crippen LogP contribution in [0.15, 0.2) is 29.6 Å². The average Bonchev–Trinajstić information content (AvgIpc) is 3.20. The number of hydrogen-bond donors (Lipinski definition) is 2. The van der Waals surface area contributed by atoms with Gasteiger partial charge in [-0.25, -0.2) is 13.4 Å². The van der Waals surface area contributed by atoms with Crippen molar-refractivity contribution in [1.82, 2.24) is 10.3 Å². The number of sulfone groups is 1. The van der Waals surface area contributed by atoms with E-state index in [1.807, 2.05) is 24.3 Å². The van der Waals surface area contributed by atoms with Crippen molar-refractivity contribution in [2.24, 2.45) is 0 Å². The molecule has 0 aliphatic carbocycles. The minimum atomic E-state index is -3.02. The number of benzene rings is 1. The lowest BCUT2D eigenvalue weighted by Gasteiger charge is -2.08. The Morgan fingerprint density at radius 3 is 2.76 bits per heavy atom. The molecule has 9 heteroatoms. The van der Waals surface area contributed by atoms with Crippen LogP contribution in [0.3, 0.4) is 0 Å². The first kappa shape index (κ1) is 17.7. The Morgan fingerprint density at radius 2 is 2.12 bits per heavy atom. The Morgan fingerprint density at radius 1 is 1.36 bits per heavy atom. The molecule has 2 N–H and O–H groups in total.